The molecule has 34 heavy (non-hydrogen) atoms. The van der Waals surface area contributed by atoms with E-state index in [-0.39, 0.29) is 17.7 Å². The van der Waals surface area contributed by atoms with E-state index in [0.717, 1.165) is 36.2 Å². The summed E-state index contributed by atoms with van der Waals surface area (Å²) >= 11 is 1.34. The number of nitrogens with one attached hydrogen (secondary N) is 1. The van der Waals surface area contributed by atoms with Gasteiger partial charge in [-0.1, -0.05) is 71.9 Å². The maximum atomic E-state index is 12.4. The third-order valence-corrected chi connectivity index (χ3v) is 6.82. The van der Waals surface area contributed by atoms with Gasteiger partial charge in [-0.15, -0.1) is 5.10 Å². The number of thioether (sulfide) groups is 1. The highest BCUT2D eigenvalue weighted by Gasteiger charge is 2.16. The summed E-state index contributed by atoms with van der Waals surface area (Å²) in [5, 5.41) is 8.26. The number of rotatable bonds is 9. The van der Waals surface area contributed by atoms with Gasteiger partial charge in [0.05, 0.1) is 5.75 Å². The Bertz CT molecular complexity index is 1270. The predicted molar refractivity (Wildman–Crippen MR) is 137 cm³/mol. The van der Waals surface area contributed by atoms with Crippen LogP contribution in [0.3, 0.4) is 0 Å². The first kappa shape index (κ1) is 24.0. The van der Waals surface area contributed by atoms with Crippen LogP contribution in [-0.2, 0) is 17.6 Å². The molecule has 7 heteroatoms. The van der Waals surface area contributed by atoms with Crippen LogP contribution >= 0.6 is 11.8 Å². The minimum Gasteiger partial charge on any atom is -0.353 e. The van der Waals surface area contributed by atoms with Crippen molar-refractivity contribution in [2.45, 2.75) is 58.2 Å². The fourth-order valence-corrected chi connectivity index (χ4v) is 4.59. The average molecular weight is 474 g/mol. The number of aromatic nitrogens is 4. The number of amides is 1. The maximum absolute atomic E-state index is 12.4. The molecule has 0 aliphatic carbocycles. The van der Waals surface area contributed by atoms with Crippen molar-refractivity contribution in [3.05, 3.63) is 88.2 Å². The molecule has 2 heterocycles. The van der Waals surface area contributed by atoms with Gasteiger partial charge in [-0.3, -0.25) is 4.79 Å². The van der Waals surface area contributed by atoms with Crippen molar-refractivity contribution in [3.8, 4) is 0 Å². The van der Waals surface area contributed by atoms with Crippen LogP contribution in [0.5, 0.6) is 0 Å². The molecule has 0 aliphatic rings. The Balaban J connectivity index is 1.36. The monoisotopic (exact) mass is 473 g/mol. The lowest BCUT2D eigenvalue weighted by molar-refractivity contribution is -0.119. The van der Waals surface area contributed by atoms with Gasteiger partial charge in [0.15, 0.2) is 0 Å². The van der Waals surface area contributed by atoms with Crippen LogP contribution < -0.4 is 5.32 Å². The zero-order chi connectivity index (χ0) is 24.1. The Kier molecular flexibility index (Phi) is 7.63. The molecule has 0 aliphatic heterocycles. The second-order valence-corrected chi connectivity index (χ2v) is 9.75. The molecular formula is C27H31N5OS. The summed E-state index contributed by atoms with van der Waals surface area (Å²) < 4.78 is 1.79. The van der Waals surface area contributed by atoms with Gasteiger partial charge < -0.3 is 5.32 Å². The van der Waals surface area contributed by atoms with Crippen LogP contribution in [0.15, 0.2) is 59.8 Å². The third kappa shape index (κ3) is 6.03. The van der Waals surface area contributed by atoms with Gasteiger partial charge in [0, 0.05) is 23.9 Å². The van der Waals surface area contributed by atoms with Crippen molar-refractivity contribution in [2.24, 2.45) is 0 Å². The molecule has 2 aromatic carbocycles. The standard InChI is InChI=1S/C27H31N5OS/c1-18-10-13-23(14-11-18)16-24-20(3)29-26-30-27(31-32(26)21(24)4)34-17-25(33)28-19(2)12-15-22-8-6-5-7-9-22/h5-11,13-14,19H,12,15-17H2,1-4H3,(H,28,33). The summed E-state index contributed by atoms with van der Waals surface area (Å²) in [4.78, 5) is 21.7. The van der Waals surface area contributed by atoms with Crippen LogP contribution in [0, 0.1) is 20.8 Å². The van der Waals surface area contributed by atoms with E-state index in [2.05, 4.69) is 70.6 Å². The molecule has 1 atom stereocenters. The van der Waals surface area contributed by atoms with Crippen molar-refractivity contribution >= 4 is 23.4 Å². The highest BCUT2D eigenvalue weighted by Crippen LogP contribution is 2.21. The second kappa shape index (κ2) is 10.8. The summed E-state index contributed by atoms with van der Waals surface area (Å²) in [5.41, 5.74) is 6.92. The minimum absolute atomic E-state index is 0.00894. The summed E-state index contributed by atoms with van der Waals surface area (Å²) in [6.45, 7) is 8.20. The number of carbonyl (C=O) groups is 1. The molecule has 4 rings (SSSR count). The summed E-state index contributed by atoms with van der Waals surface area (Å²) in [7, 11) is 0. The van der Waals surface area contributed by atoms with E-state index in [9.17, 15) is 4.79 Å². The SMILES string of the molecule is Cc1ccc(Cc2c(C)nc3nc(SCC(=O)NC(C)CCc4ccccc4)nn3c2C)cc1. The highest BCUT2D eigenvalue weighted by molar-refractivity contribution is 7.99. The van der Waals surface area contributed by atoms with Crippen molar-refractivity contribution in [3.63, 3.8) is 0 Å². The second-order valence-electron chi connectivity index (χ2n) is 8.81. The lowest BCUT2D eigenvalue weighted by atomic mass is 10.0. The van der Waals surface area contributed by atoms with E-state index in [1.165, 1.54) is 28.5 Å². The van der Waals surface area contributed by atoms with E-state index in [1.807, 2.05) is 32.0 Å². The number of aryl methyl sites for hydroxylation is 4. The molecule has 1 amide bonds. The van der Waals surface area contributed by atoms with Crippen molar-refractivity contribution in [2.75, 3.05) is 5.75 Å². The van der Waals surface area contributed by atoms with Crippen molar-refractivity contribution in [1.82, 2.24) is 24.9 Å². The maximum Gasteiger partial charge on any atom is 0.253 e. The van der Waals surface area contributed by atoms with Crippen LogP contribution in [0.1, 0.15) is 47.0 Å². The lowest BCUT2D eigenvalue weighted by Gasteiger charge is -2.13. The number of hydrogen-bond acceptors (Lipinski definition) is 5. The summed E-state index contributed by atoms with van der Waals surface area (Å²) in [6.07, 6.45) is 2.64. The van der Waals surface area contributed by atoms with E-state index < -0.39 is 0 Å². The van der Waals surface area contributed by atoms with E-state index in [1.54, 1.807) is 4.52 Å². The van der Waals surface area contributed by atoms with E-state index in [4.69, 9.17) is 0 Å². The normalized spacial score (nSPS) is 12.1. The summed E-state index contributed by atoms with van der Waals surface area (Å²) in [6, 6.07) is 19.0. The quantitative estimate of drug-likeness (QED) is 0.351. The number of nitrogens with zero attached hydrogens (tertiary/aromatic N) is 4. The molecule has 1 unspecified atom stereocenters. The van der Waals surface area contributed by atoms with Gasteiger partial charge in [-0.2, -0.15) is 4.98 Å². The topological polar surface area (TPSA) is 72.2 Å². The first-order valence-corrected chi connectivity index (χ1v) is 12.6. The number of hydrogen-bond donors (Lipinski definition) is 1. The van der Waals surface area contributed by atoms with E-state index >= 15 is 0 Å². The fraction of sp³-hybridized carbons (Fsp3) is 0.333. The molecule has 176 valence electrons. The zero-order valence-electron chi connectivity index (χ0n) is 20.2. The fourth-order valence-electron chi connectivity index (χ4n) is 3.96. The predicted octanol–water partition coefficient (Wildman–Crippen LogP) is 4.87. The minimum atomic E-state index is -0.00894. The molecule has 0 bridgehead atoms. The van der Waals surface area contributed by atoms with Gasteiger partial charge in [0.1, 0.15) is 0 Å². The number of carbonyl (C=O) groups excluding carboxylic acids is 1. The lowest BCUT2D eigenvalue weighted by Crippen LogP contribution is -2.34. The molecule has 0 spiro atoms. The molecular weight excluding hydrogens is 442 g/mol. The average Bonchev–Trinajstić information content (AvgIpc) is 3.24. The largest absolute Gasteiger partial charge is 0.353 e. The Morgan fingerprint density at radius 2 is 1.74 bits per heavy atom. The Morgan fingerprint density at radius 1 is 1.00 bits per heavy atom. The van der Waals surface area contributed by atoms with Crippen LogP contribution in [0.25, 0.3) is 5.78 Å². The zero-order valence-corrected chi connectivity index (χ0v) is 21.0. The smallest absolute Gasteiger partial charge is 0.253 e. The molecule has 4 aromatic rings. The Labute approximate surface area is 205 Å². The first-order valence-electron chi connectivity index (χ1n) is 11.6. The van der Waals surface area contributed by atoms with Gasteiger partial charge in [0.25, 0.3) is 5.78 Å². The van der Waals surface area contributed by atoms with Gasteiger partial charge in [-0.05, 0) is 57.2 Å². The third-order valence-electron chi connectivity index (χ3n) is 5.98. The molecule has 0 saturated carbocycles. The number of fused-ring (bicyclic) bond motifs is 1. The number of benzene rings is 2. The molecule has 6 nitrogen and oxygen atoms in total. The first-order chi connectivity index (χ1) is 16.4. The molecule has 0 fully saturated rings. The van der Waals surface area contributed by atoms with Gasteiger partial charge in [0.2, 0.25) is 11.1 Å². The molecule has 0 radical (unpaired) electrons. The van der Waals surface area contributed by atoms with Crippen LogP contribution in [-0.4, -0.2) is 37.3 Å². The van der Waals surface area contributed by atoms with Crippen LogP contribution in [0.4, 0.5) is 0 Å². The van der Waals surface area contributed by atoms with Gasteiger partial charge >= 0.3 is 0 Å². The Hall–Kier alpha value is -3.19. The molecule has 2 aromatic heterocycles. The molecule has 1 N–H and O–H groups in total. The van der Waals surface area contributed by atoms with Crippen molar-refractivity contribution in [1.29, 1.82) is 0 Å². The van der Waals surface area contributed by atoms with E-state index in [0.29, 0.717) is 10.9 Å². The van der Waals surface area contributed by atoms with Crippen LogP contribution in [0.2, 0.25) is 0 Å². The highest BCUT2D eigenvalue weighted by atomic mass is 32.2. The Morgan fingerprint density at radius 3 is 2.47 bits per heavy atom. The van der Waals surface area contributed by atoms with Crippen molar-refractivity contribution < 1.29 is 4.79 Å². The van der Waals surface area contributed by atoms with Gasteiger partial charge in [-0.25, -0.2) is 9.50 Å². The summed E-state index contributed by atoms with van der Waals surface area (Å²) in [5.74, 6) is 0.841. The molecule has 0 saturated heterocycles.